The van der Waals surface area contributed by atoms with Crippen molar-refractivity contribution in [1.82, 2.24) is 20.6 Å². The van der Waals surface area contributed by atoms with Gasteiger partial charge in [0.15, 0.2) is 0 Å². The molecular formula is C28H32N4. The lowest BCUT2D eigenvalue weighted by Gasteiger charge is -2.09. The monoisotopic (exact) mass is 424 g/mol. The highest BCUT2D eigenvalue weighted by Crippen LogP contribution is 2.15. The quantitative estimate of drug-likeness (QED) is 0.590. The molecule has 2 aromatic rings. The van der Waals surface area contributed by atoms with Crippen molar-refractivity contribution in [2.75, 3.05) is 13.1 Å². The fourth-order valence-electron chi connectivity index (χ4n) is 3.19. The minimum Gasteiger partial charge on any atom is -0.307 e. The SMILES string of the molecule is C=C1/C=C\C=C(/C)C(=C)/C=C\C=C(/C)CNCc2cccc(n2)-c2cccc(n2)CNC1. The first-order valence-electron chi connectivity index (χ1n) is 10.9. The van der Waals surface area contributed by atoms with E-state index in [0.29, 0.717) is 19.6 Å². The Kier molecular flexibility index (Phi) is 8.67. The van der Waals surface area contributed by atoms with Crippen molar-refractivity contribution in [3.8, 4) is 11.4 Å². The average Bonchev–Trinajstić information content (AvgIpc) is 2.79. The summed E-state index contributed by atoms with van der Waals surface area (Å²) < 4.78 is 0. The molecule has 0 amide bonds. The maximum Gasteiger partial charge on any atom is 0.0890 e. The highest BCUT2D eigenvalue weighted by molar-refractivity contribution is 5.54. The number of rotatable bonds is 0. The molecule has 164 valence electrons. The van der Waals surface area contributed by atoms with Gasteiger partial charge >= 0.3 is 0 Å². The van der Waals surface area contributed by atoms with Crippen LogP contribution in [-0.4, -0.2) is 23.1 Å². The van der Waals surface area contributed by atoms with Crippen molar-refractivity contribution in [3.63, 3.8) is 0 Å². The molecule has 2 aromatic heterocycles. The van der Waals surface area contributed by atoms with Crippen molar-refractivity contribution >= 4 is 0 Å². The molecule has 0 saturated carbocycles. The summed E-state index contributed by atoms with van der Waals surface area (Å²) in [6.45, 7) is 15.3. The van der Waals surface area contributed by atoms with Crippen LogP contribution in [0.4, 0.5) is 0 Å². The number of hydrogen-bond acceptors (Lipinski definition) is 4. The number of pyridine rings is 2. The molecule has 0 saturated heterocycles. The molecule has 1 aliphatic rings. The van der Waals surface area contributed by atoms with Gasteiger partial charge in [-0.15, -0.1) is 0 Å². The highest BCUT2D eigenvalue weighted by Gasteiger charge is 2.05. The Morgan fingerprint density at radius 2 is 1.31 bits per heavy atom. The van der Waals surface area contributed by atoms with Gasteiger partial charge in [-0.3, -0.25) is 0 Å². The molecule has 0 fully saturated rings. The van der Waals surface area contributed by atoms with E-state index < -0.39 is 0 Å². The Balaban J connectivity index is 1.82. The van der Waals surface area contributed by atoms with Gasteiger partial charge < -0.3 is 10.6 Å². The molecule has 3 heterocycles. The number of allylic oxidation sites excluding steroid dienone is 7. The average molecular weight is 425 g/mol. The van der Waals surface area contributed by atoms with Crippen molar-refractivity contribution in [1.29, 1.82) is 0 Å². The maximum atomic E-state index is 4.80. The highest BCUT2D eigenvalue weighted by atomic mass is 14.9. The molecule has 32 heavy (non-hydrogen) atoms. The van der Waals surface area contributed by atoms with Crippen LogP contribution in [0.25, 0.3) is 11.4 Å². The molecule has 0 radical (unpaired) electrons. The molecule has 0 atom stereocenters. The lowest BCUT2D eigenvalue weighted by molar-refractivity contribution is 0.722. The fraction of sp³-hybridized carbons (Fsp3) is 0.214. The van der Waals surface area contributed by atoms with Crippen LogP contribution in [0.3, 0.4) is 0 Å². The second-order valence-electron chi connectivity index (χ2n) is 8.00. The molecule has 3 rings (SSSR count). The van der Waals surface area contributed by atoms with Gasteiger partial charge in [-0.1, -0.05) is 67.3 Å². The standard InChI is InChI=1S/C28H32N4/c1-21-9-5-11-23(3)24(4)12-6-10-22(2)18-30-20-26-14-8-16-28(32-26)27-15-7-13-25(31-27)19-29-17-21/h5-16,29-30H,1,4,17-20H2,2-3H3/b9-5-,12-6-,22-10+,23-11+. The summed E-state index contributed by atoms with van der Waals surface area (Å²) in [5.41, 5.74) is 8.11. The van der Waals surface area contributed by atoms with E-state index >= 15 is 0 Å². The summed E-state index contributed by atoms with van der Waals surface area (Å²) in [5.74, 6) is 0. The third-order valence-corrected chi connectivity index (χ3v) is 5.11. The van der Waals surface area contributed by atoms with Crippen LogP contribution in [0, 0.1) is 0 Å². The summed E-state index contributed by atoms with van der Waals surface area (Å²) in [4.78, 5) is 9.58. The first-order valence-corrected chi connectivity index (χ1v) is 10.9. The molecule has 4 heteroatoms. The summed E-state index contributed by atoms with van der Waals surface area (Å²) in [6.07, 6.45) is 12.3. The zero-order valence-electron chi connectivity index (χ0n) is 19.1. The number of nitrogens with one attached hydrogen (secondary N) is 2. The van der Waals surface area contributed by atoms with Gasteiger partial charge in [0.25, 0.3) is 0 Å². The van der Waals surface area contributed by atoms with Gasteiger partial charge in [0.2, 0.25) is 0 Å². The first-order chi connectivity index (χ1) is 15.5. The van der Waals surface area contributed by atoms with E-state index in [2.05, 4.69) is 49.8 Å². The predicted octanol–water partition coefficient (Wildman–Crippen LogP) is 5.45. The number of aromatic nitrogens is 2. The van der Waals surface area contributed by atoms with E-state index in [1.165, 1.54) is 5.57 Å². The Labute approximate surface area is 191 Å². The van der Waals surface area contributed by atoms with E-state index in [1.54, 1.807) is 0 Å². The zero-order valence-corrected chi connectivity index (χ0v) is 19.1. The van der Waals surface area contributed by atoms with Crippen molar-refractivity contribution < 1.29 is 0 Å². The van der Waals surface area contributed by atoms with Crippen LogP contribution in [0.5, 0.6) is 0 Å². The van der Waals surface area contributed by atoms with Crippen LogP contribution in [0.1, 0.15) is 25.2 Å². The number of fused-ring (bicyclic) bond motifs is 5. The van der Waals surface area contributed by atoms with Crippen molar-refractivity contribution in [2.24, 2.45) is 0 Å². The molecule has 0 aromatic carbocycles. The van der Waals surface area contributed by atoms with Crippen molar-refractivity contribution in [2.45, 2.75) is 26.9 Å². The molecule has 0 spiro atoms. The number of hydrogen-bond donors (Lipinski definition) is 2. The second-order valence-corrected chi connectivity index (χ2v) is 8.00. The van der Waals surface area contributed by atoms with Gasteiger partial charge in [0.1, 0.15) is 0 Å². The molecule has 2 N–H and O–H groups in total. The lowest BCUT2D eigenvalue weighted by Crippen LogP contribution is -2.17. The first kappa shape index (κ1) is 23.3. The van der Waals surface area contributed by atoms with Crippen LogP contribution in [0.2, 0.25) is 0 Å². The van der Waals surface area contributed by atoms with E-state index in [-0.39, 0.29) is 0 Å². The largest absolute Gasteiger partial charge is 0.307 e. The molecule has 4 nitrogen and oxygen atoms in total. The molecule has 4 bridgehead atoms. The molecule has 0 aliphatic carbocycles. The third-order valence-electron chi connectivity index (χ3n) is 5.11. The lowest BCUT2D eigenvalue weighted by atomic mass is 10.1. The molecule has 0 unspecified atom stereocenters. The minimum absolute atomic E-state index is 0.671. The summed E-state index contributed by atoms with van der Waals surface area (Å²) in [6, 6.07) is 12.1. The Bertz CT molecular complexity index is 1090. The van der Waals surface area contributed by atoms with Gasteiger partial charge in [0, 0.05) is 26.2 Å². The van der Waals surface area contributed by atoms with Gasteiger partial charge in [-0.25, -0.2) is 9.97 Å². The minimum atomic E-state index is 0.671. The van der Waals surface area contributed by atoms with E-state index in [1.807, 2.05) is 60.7 Å². The summed E-state index contributed by atoms with van der Waals surface area (Å²) in [7, 11) is 0. The van der Waals surface area contributed by atoms with E-state index in [4.69, 9.17) is 9.97 Å². The van der Waals surface area contributed by atoms with E-state index in [0.717, 1.165) is 46.0 Å². The Hall–Kier alpha value is -3.34. The van der Waals surface area contributed by atoms with Gasteiger partial charge in [-0.05, 0) is 54.8 Å². The van der Waals surface area contributed by atoms with Crippen LogP contribution < -0.4 is 10.6 Å². The summed E-state index contributed by atoms with van der Waals surface area (Å²) in [5, 5.41) is 6.88. The van der Waals surface area contributed by atoms with Crippen LogP contribution in [0.15, 0.2) is 108 Å². The third kappa shape index (κ3) is 7.41. The van der Waals surface area contributed by atoms with Crippen LogP contribution in [-0.2, 0) is 13.1 Å². The normalized spacial score (nSPS) is 21.8. The predicted molar refractivity (Wildman–Crippen MR) is 135 cm³/mol. The maximum absolute atomic E-state index is 4.80. The van der Waals surface area contributed by atoms with Gasteiger partial charge in [0.05, 0.1) is 22.8 Å². The Morgan fingerprint density at radius 3 is 1.97 bits per heavy atom. The zero-order chi connectivity index (χ0) is 22.8. The molecular weight excluding hydrogens is 392 g/mol. The van der Waals surface area contributed by atoms with E-state index in [9.17, 15) is 0 Å². The fourth-order valence-corrected chi connectivity index (χ4v) is 3.19. The van der Waals surface area contributed by atoms with Crippen molar-refractivity contribution in [3.05, 3.63) is 120 Å². The topological polar surface area (TPSA) is 49.8 Å². The molecule has 1 aliphatic heterocycles. The smallest absolute Gasteiger partial charge is 0.0890 e. The summed E-state index contributed by atoms with van der Waals surface area (Å²) >= 11 is 0. The van der Waals surface area contributed by atoms with Gasteiger partial charge in [-0.2, -0.15) is 0 Å². The van der Waals surface area contributed by atoms with Crippen LogP contribution >= 0.6 is 0 Å². The number of nitrogens with zero attached hydrogens (tertiary/aromatic N) is 2. The second kappa shape index (κ2) is 11.9. The Morgan fingerprint density at radius 1 is 0.719 bits per heavy atom.